The summed E-state index contributed by atoms with van der Waals surface area (Å²) in [5.74, 6) is 1.22. The summed E-state index contributed by atoms with van der Waals surface area (Å²) in [6.07, 6.45) is 3.70. The van der Waals surface area contributed by atoms with Gasteiger partial charge in [0.1, 0.15) is 0 Å². The van der Waals surface area contributed by atoms with Gasteiger partial charge in [-0.15, -0.1) is 0 Å². The predicted molar refractivity (Wildman–Crippen MR) is 76.6 cm³/mol. The van der Waals surface area contributed by atoms with Crippen molar-refractivity contribution < 1.29 is 4.52 Å². The third kappa shape index (κ3) is 5.28. The Bertz CT molecular complexity index is 368. The van der Waals surface area contributed by atoms with Crippen molar-refractivity contribution >= 4 is 0 Å². The Morgan fingerprint density at radius 2 is 2.00 bits per heavy atom. The molecule has 0 fully saturated rings. The molecule has 0 saturated heterocycles. The van der Waals surface area contributed by atoms with Gasteiger partial charge >= 0.3 is 0 Å². The molecule has 0 amide bonds. The second-order valence-electron chi connectivity index (χ2n) is 6.00. The molecule has 0 spiro atoms. The lowest BCUT2D eigenvalue weighted by Crippen LogP contribution is -2.32. The van der Waals surface area contributed by atoms with Gasteiger partial charge in [-0.3, -0.25) is 4.90 Å². The summed E-state index contributed by atoms with van der Waals surface area (Å²) in [4.78, 5) is 6.75. The van der Waals surface area contributed by atoms with E-state index < -0.39 is 5.54 Å². The van der Waals surface area contributed by atoms with E-state index in [-0.39, 0.29) is 0 Å². The van der Waals surface area contributed by atoms with Crippen molar-refractivity contribution in [2.24, 2.45) is 5.73 Å². The smallest absolute Gasteiger partial charge is 0.240 e. The molecule has 0 aliphatic rings. The zero-order chi connectivity index (χ0) is 14.5. The third-order valence-electron chi connectivity index (χ3n) is 3.16. The molecule has 0 unspecified atom stereocenters. The molecule has 0 saturated carbocycles. The van der Waals surface area contributed by atoms with Crippen LogP contribution in [0.1, 0.15) is 65.6 Å². The maximum absolute atomic E-state index is 5.96. The van der Waals surface area contributed by atoms with Crippen LogP contribution in [-0.4, -0.2) is 27.6 Å². The highest BCUT2D eigenvalue weighted by Gasteiger charge is 2.22. The average Bonchev–Trinajstić information content (AvgIpc) is 2.76. The van der Waals surface area contributed by atoms with Gasteiger partial charge in [0.05, 0.1) is 12.1 Å². The first-order chi connectivity index (χ1) is 8.84. The Kier molecular flexibility index (Phi) is 5.94. The first-order valence-electron chi connectivity index (χ1n) is 7.20. The molecule has 1 heterocycles. The molecule has 0 aliphatic carbocycles. The summed E-state index contributed by atoms with van der Waals surface area (Å²) in [7, 11) is 0. The van der Waals surface area contributed by atoms with Gasteiger partial charge in [0.25, 0.3) is 0 Å². The van der Waals surface area contributed by atoms with Crippen molar-refractivity contribution in [2.75, 3.05) is 6.54 Å². The average molecular weight is 268 g/mol. The number of rotatable bonds is 8. The first-order valence-corrected chi connectivity index (χ1v) is 7.20. The number of aromatic nitrogens is 2. The van der Waals surface area contributed by atoms with E-state index in [0.29, 0.717) is 24.3 Å². The summed E-state index contributed by atoms with van der Waals surface area (Å²) >= 11 is 0. The molecule has 1 aromatic heterocycles. The molecule has 1 rings (SSSR count). The van der Waals surface area contributed by atoms with Crippen LogP contribution >= 0.6 is 0 Å². The van der Waals surface area contributed by atoms with Gasteiger partial charge in [0.15, 0.2) is 5.82 Å². The van der Waals surface area contributed by atoms with Crippen LogP contribution in [0.4, 0.5) is 0 Å². The number of hydrogen-bond donors (Lipinski definition) is 1. The van der Waals surface area contributed by atoms with E-state index in [1.807, 2.05) is 13.8 Å². The maximum Gasteiger partial charge on any atom is 0.240 e. The summed E-state index contributed by atoms with van der Waals surface area (Å²) < 4.78 is 5.30. The van der Waals surface area contributed by atoms with Crippen molar-refractivity contribution in [1.29, 1.82) is 0 Å². The molecule has 19 heavy (non-hydrogen) atoms. The monoisotopic (exact) mass is 268 g/mol. The Morgan fingerprint density at radius 3 is 2.47 bits per heavy atom. The predicted octanol–water partition coefficient (Wildman–Crippen LogP) is 2.66. The van der Waals surface area contributed by atoms with E-state index in [2.05, 4.69) is 35.8 Å². The van der Waals surface area contributed by atoms with Crippen molar-refractivity contribution in [1.82, 2.24) is 15.0 Å². The van der Waals surface area contributed by atoms with Gasteiger partial charge in [-0.1, -0.05) is 24.9 Å². The van der Waals surface area contributed by atoms with Gasteiger partial charge in [-0.2, -0.15) is 4.98 Å². The minimum Gasteiger partial charge on any atom is -0.338 e. The Morgan fingerprint density at radius 1 is 1.32 bits per heavy atom. The van der Waals surface area contributed by atoms with Gasteiger partial charge in [-0.05, 0) is 40.7 Å². The second-order valence-corrected chi connectivity index (χ2v) is 6.00. The van der Waals surface area contributed by atoms with Gasteiger partial charge in [-0.25, -0.2) is 0 Å². The summed E-state index contributed by atoms with van der Waals surface area (Å²) in [6.45, 7) is 12.1. The standard InChI is InChI=1S/C14H28N4O/c1-6-7-8-9-18(11(2)3)10-12-16-13(17-19-12)14(4,5)15/h11H,6-10,15H2,1-5H3. The zero-order valence-corrected chi connectivity index (χ0v) is 12.9. The summed E-state index contributed by atoms with van der Waals surface area (Å²) in [5.41, 5.74) is 5.41. The lowest BCUT2D eigenvalue weighted by molar-refractivity contribution is 0.181. The topological polar surface area (TPSA) is 68.2 Å². The van der Waals surface area contributed by atoms with Gasteiger partial charge in [0.2, 0.25) is 5.89 Å². The number of hydrogen-bond acceptors (Lipinski definition) is 5. The van der Waals surface area contributed by atoms with Crippen LogP contribution in [-0.2, 0) is 12.1 Å². The van der Waals surface area contributed by atoms with E-state index in [1.54, 1.807) is 0 Å². The molecular weight excluding hydrogens is 240 g/mol. The molecule has 0 radical (unpaired) electrons. The molecule has 1 aromatic rings. The Labute approximate surface area is 116 Å². The number of nitrogens with two attached hydrogens (primary N) is 1. The van der Waals surface area contributed by atoms with E-state index in [9.17, 15) is 0 Å². The quantitative estimate of drug-likeness (QED) is 0.734. The largest absolute Gasteiger partial charge is 0.338 e. The summed E-state index contributed by atoms with van der Waals surface area (Å²) in [6, 6.07) is 0.470. The van der Waals surface area contributed by atoms with Crippen LogP contribution in [0.5, 0.6) is 0 Å². The fraction of sp³-hybridized carbons (Fsp3) is 0.857. The van der Waals surface area contributed by atoms with E-state index >= 15 is 0 Å². The molecule has 0 aliphatic heterocycles. The molecule has 2 N–H and O–H groups in total. The SMILES string of the molecule is CCCCCN(Cc1nc(C(C)(C)N)no1)C(C)C. The molecule has 0 aromatic carbocycles. The number of nitrogens with zero attached hydrogens (tertiary/aromatic N) is 3. The number of unbranched alkanes of at least 4 members (excludes halogenated alkanes) is 2. The molecule has 0 bridgehead atoms. The Balaban J connectivity index is 2.61. The molecule has 5 heteroatoms. The van der Waals surface area contributed by atoms with Crippen molar-refractivity contribution in [2.45, 2.75) is 72.0 Å². The van der Waals surface area contributed by atoms with Crippen LogP contribution in [0.3, 0.4) is 0 Å². The van der Waals surface area contributed by atoms with Crippen LogP contribution in [0.2, 0.25) is 0 Å². The van der Waals surface area contributed by atoms with Gasteiger partial charge in [0, 0.05) is 6.04 Å². The minimum absolute atomic E-state index is 0.470. The fourth-order valence-corrected chi connectivity index (χ4v) is 1.84. The van der Waals surface area contributed by atoms with E-state index in [1.165, 1.54) is 19.3 Å². The van der Waals surface area contributed by atoms with Crippen molar-refractivity contribution in [3.63, 3.8) is 0 Å². The molecule has 0 atom stereocenters. The van der Waals surface area contributed by atoms with E-state index in [0.717, 1.165) is 6.54 Å². The van der Waals surface area contributed by atoms with E-state index in [4.69, 9.17) is 10.3 Å². The van der Waals surface area contributed by atoms with Crippen molar-refractivity contribution in [3.05, 3.63) is 11.7 Å². The minimum atomic E-state index is -0.549. The molecule has 5 nitrogen and oxygen atoms in total. The van der Waals surface area contributed by atoms with Crippen LogP contribution < -0.4 is 5.73 Å². The zero-order valence-electron chi connectivity index (χ0n) is 12.9. The second kappa shape index (κ2) is 7.01. The normalized spacial score (nSPS) is 12.6. The van der Waals surface area contributed by atoms with Crippen molar-refractivity contribution in [3.8, 4) is 0 Å². The van der Waals surface area contributed by atoms with Gasteiger partial charge < -0.3 is 10.3 Å². The summed E-state index contributed by atoms with van der Waals surface area (Å²) in [5, 5.41) is 3.96. The first kappa shape index (κ1) is 16.1. The molecule has 110 valence electrons. The lowest BCUT2D eigenvalue weighted by atomic mass is 10.1. The fourth-order valence-electron chi connectivity index (χ4n) is 1.84. The van der Waals surface area contributed by atoms with Crippen LogP contribution in [0.25, 0.3) is 0 Å². The highest BCUT2D eigenvalue weighted by Crippen LogP contribution is 2.14. The lowest BCUT2D eigenvalue weighted by Gasteiger charge is -2.24. The maximum atomic E-state index is 5.96. The third-order valence-corrected chi connectivity index (χ3v) is 3.16. The van der Waals surface area contributed by atoms with Crippen LogP contribution in [0, 0.1) is 0 Å². The highest BCUT2D eigenvalue weighted by molar-refractivity contribution is 4.99. The highest BCUT2D eigenvalue weighted by atomic mass is 16.5. The Hall–Kier alpha value is -0.940. The molecular formula is C14H28N4O. The van der Waals surface area contributed by atoms with Crippen LogP contribution in [0.15, 0.2) is 4.52 Å².